The van der Waals surface area contributed by atoms with Crippen LogP contribution in [0.4, 0.5) is 0 Å². The molecule has 2 atom stereocenters. The molecule has 0 radical (unpaired) electrons. The van der Waals surface area contributed by atoms with Crippen LogP contribution in [-0.4, -0.2) is 29.9 Å². The number of aryl methyl sites for hydroxylation is 2. The molecule has 1 fully saturated rings. The van der Waals surface area contributed by atoms with E-state index in [2.05, 4.69) is 44.3 Å². The number of nitrogens with one attached hydrogen (secondary N) is 1. The van der Waals surface area contributed by atoms with E-state index >= 15 is 0 Å². The van der Waals surface area contributed by atoms with E-state index in [9.17, 15) is 4.79 Å². The Bertz CT molecular complexity index is 498. The van der Waals surface area contributed by atoms with E-state index in [0.29, 0.717) is 12.0 Å². The number of amides is 1. The lowest BCUT2D eigenvalue weighted by molar-refractivity contribution is -0.131. The van der Waals surface area contributed by atoms with Gasteiger partial charge >= 0.3 is 0 Å². The Hall–Kier alpha value is -1.35. The zero-order valence-electron chi connectivity index (χ0n) is 13.8. The third-order valence-corrected chi connectivity index (χ3v) is 4.76. The Balaban J connectivity index is 1.94. The number of benzene rings is 1. The van der Waals surface area contributed by atoms with Crippen molar-refractivity contribution in [3.8, 4) is 0 Å². The predicted octanol–water partition coefficient (Wildman–Crippen LogP) is 3.04. The molecule has 0 aromatic heterocycles. The van der Waals surface area contributed by atoms with Gasteiger partial charge in [-0.2, -0.15) is 0 Å². The maximum absolute atomic E-state index is 11.5. The van der Waals surface area contributed by atoms with Crippen molar-refractivity contribution in [3.05, 3.63) is 34.9 Å². The summed E-state index contributed by atoms with van der Waals surface area (Å²) in [5.74, 6) is 0.773. The molecule has 1 saturated heterocycles. The molecule has 1 aromatic carbocycles. The minimum atomic E-state index is 0.210. The Morgan fingerprint density at radius 1 is 1.38 bits per heavy atom. The molecule has 1 N–H and O–H groups in total. The van der Waals surface area contributed by atoms with Gasteiger partial charge in [-0.05, 0) is 37.3 Å². The Morgan fingerprint density at radius 3 is 2.76 bits per heavy atom. The summed E-state index contributed by atoms with van der Waals surface area (Å²) >= 11 is 0. The summed E-state index contributed by atoms with van der Waals surface area (Å²) < 4.78 is 0. The van der Waals surface area contributed by atoms with Crippen molar-refractivity contribution in [1.29, 1.82) is 0 Å². The molecule has 2 rings (SSSR count). The zero-order chi connectivity index (χ0) is 15.4. The molecule has 1 heterocycles. The van der Waals surface area contributed by atoms with Crippen molar-refractivity contribution in [2.24, 2.45) is 5.92 Å². The molecule has 1 aliphatic rings. The van der Waals surface area contributed by atoms with Crippen molar-refractivity contribution in [1.82, 2.24) is 10.2 Å². The number of likely N-dealkylation sites (tertiary alicyclic amines) is 1. The van der Waals surface area contributed by atoms with Crippen LogP contribution in [0, 0.1) is 19.8 Å². The number of nitrogens with zero attached hydrogens (tertiary/aromatic N) is 1. The van der Waals surface area contributed by atoms with E-state index in [-0.39, 0.29) is 5.91 Å². The fourth-order valence-corrected chi connectivity index (χ4v) is 3.29. The standard InChI is InChI=1S/C18H28N2O/c1-5-16-12-20(15(4)21)9-8-18(16)19-11-17-7-6-13(2)10-14(17)3/h6-7,10,16,18-19H,5,8-9,11-12H2,1-4H3/t16-,18-/m0/s1. The maximum atomic E-state index is 11.5. The van der Waals surface area contributed by atoms with Crippen molar-refractivity contribution in [3.63, 3.8) is 0 Å². The van der Waals surface area contributed by atoms with E-state index in [1.54, 1.807) is 6.92 Å². The number of piperidine rings is 1. The van der Waals surface area contributed by atoms with Crippen LogP contribution in [-0.2, 0) is 11.3 Å². The van der Waals surface area contributed by atoms with Gasteiger partial charge in [-0.15, -0.1) is 0 Å². The number of hydrogen-bond donors (Lipinski definition) is 1. The van der Waals surface area contributed by atoms with Crippen molar-refractivity contribution >= 4 is 5.91 Å². The average Bonchev–Trinajstić information content (AvgIpc) is 2.46. The van der Waals surface area contributed by atoms with Crippen molar-refractivity contribution in [2.45, 2.75) is 53.1 Å². The zero-order valence-corrected chi connectivity index (χ0v) is 13.8. The third kappa shape index (κ3) is 4.07. The highest BCUT2D eigenvalue weighted by atomic mass is 16.2. The van der Waals surface area contributed by atoms with Gasteiger partial charge in [-0.25, -0.2) is 0 Å². The van der Waals surface area contributed by atoms with Gasteiger partial charge in [0.1, 0.15) is 0 Å². The highest BCUT2D eigenvalue weighted by molar-refractivity contribution is 5.73. The normalized spacial score (nSPS) is 22.4. The molecular formula is C18H28N2O. The molecule has 1 aromatic rings. The lowest BCUT2D eigenvalue weighted by Gasteiger charge is -2.38. The van der Waals surface area contributed by atoms with Crippen LogP contribution in [0.15, 0.2) is 18.2 Å². The third-order valence-electron chi connectivity index (χ3n) is 4.76. The Morgan fingerprint density at radius 2 is 2.14 bits per heavy atom. The first-order chi connectivity index (χ1) is 10.0. The van der Waals surface area contributed by atoms with Gasteiger partial charge in [-0.3, -0.25) is 4.79 Å². The molecule has 0 spiro atoms. The molecule has 3 heteroatoms. The van der Waals surface area contributed by atoms with Crippen LogP contribution in [0.25, 0.3) is 0 Å². The largest absolute Gasteiger partial charge is 0.343 e. The first-order valence-corrected chi connectivity index (χ1v) is 8.06. The summed E-state index contributed by atoms with van der Waals surface area (Å²) in [5.41, 5.74) is 4.05. The molecule has 1 amide bonds. The van der Waals surface area contributed by atoms with E-state index in [0.717, 1.165) is 32.5 Å². The highest BCUT2D eigenvalue weighted by Crippen LogP contribution is 2.21. The quantitative estimate of drug-likeness (QED) is 0.923. The summed E-state index contributed by atoms with van der Waals surface area (Å²) in [6.07, 6.45) is 2.18. The van der Waals surface area contributed by atoms with Gasteiger partial charge in [0.2, 0.25) is 5.91 Å². The summed E-state index contributed by atoms with van der Waals surface area (Å²) in [7, 11) is 0. The average molecular weight is 288 g/mol. The second-order valence-corrected chi connectivity index (χ2v) is 6.34. The Kier molecular flexibility index (Phi) is 5.40. The smallest absolute Gasteiger partial charge is 0.219 e. The lowest BCUT2D eigenvalue weighted by atomic mass is 9.89. The molecule has 21 heavy (non-hydrogen) atoms. The van der Waals surface area contributed by atoms with Gasteiger partial charge in [0.05, 0.1) is 0 Å². The minimum Gasteiger partial charge on any atom is -0.343 e. The van der Waals surface area contributed by atoms with E-state index in [4.69, 9.17) is 0 Å². The molecule has 0 saturated carbocycles. The van der Waals surface area contributed by atoms with Crippen LogP contribution in [0.5, 0.6) is 0 Å². The molecule has 1 aliphatic heterocycles. The number of hydrogen-bond acceptors (Lipinski definition) is 2. The fraction of sp³-hybridized carbons (Fsp3) is 0.611. The van der Waals surface area contributed by atoms with Crippen LogP contribution in [0.2, 0.25) is 0 Å². The molecule has 0 bridgehead atoms. The fourth-order valence-electron chi connectivity index (χ4n) is 3.29. The predicted molar refractivity (Wildman–Crippen MR) is 87.2 cm³/mol. The van der Waals surface area contributed by atoms with Gasteiger partial charge < -0.3 is 10.2 Å². The van der Waals surface area contributed by atoms with Crippen LogP contribution >= 0.6 is 0 Å². The van der Waals surface area contributed by atoms with Crippen molar-refractivity contribution < 1.29 is 4.79 Å². The van der Waals surface area contributed by atoms with E-state index < -0.39 is 0 Å². The molecule has 0 unspecified atom stereocenters. The summed E-state index contributed by atoms with van der Waals surface area (Å²) in [6.45, 7) is 10.9. The molecule has 116 valence electrons. The SMILES string of the molecule is CC[C@H]1CN(C(C)=O)CC[C@@H]1NCc1ccc(C)cc1C. The van der Waals surface area contributed by atoms with Crippen LogP contribution < -0.4 is 5.32 Å². The lowest BCUT2D eigenvalue weighted by Crippen LogP contribution is -2.50. The number of carbonyl (C=O) groups excluding carboxylic acids is 1. The number of rotatable bonds is 4. The molecule has 0 aliphatic carbocycles. The van der Waals surface area contributed by atoms with Gasteiger partial charge in [-0.1, -0.05) is 37.1 Å². The monoisotopic (exact) mass is 288 g/mol. The topological polar surface area (TPSA) is 32.3 Å². The molecule has 3 nitrogen and oxygen atoms in total. The summed E-state index contributed by atoms with van der Waals surface area (Å²) in [4.78, 5) is 13.5. The second kappa shape index (κ2) is 7.08. The van der Waals surface area contributed by atoms with E-state index in [1.165, 1.54) is 16.7 Å². The summed E-state index contributed by atoms with van der Waals surface area (Å²) in [5, 5.41) is 3.72. The van der Waals surface area contributed by atoms with Crippen LogP contribution in [0.1, 0.15) is 43.4 Å². The van der Waals surface area contributed by atoms with Gasteiger partial charge in [0.25, 0.3) is 0 Å². The first-order valence-electron chi connectivity index (χ1n) is 8.06. The second-order valence-electron chi connectivity index (χ2n) is 6.34. The number of carbonyl (C=O) groups is 1. The highest BCUT2D eigenvalue weighted by Gasteiger charge is 2.28. The van der Waals surface area contributed by atoms with Gasteiger partial charge in [0.15, 0.2) is 0 Å². The minimum absolute atomic E-state index is 0.210. The van der Waals surface area contributed by atoms with Crippen molar-refractivity contribution in [2.75, 3.05) is 13.1 Å². The van der Waals surface area contributed by atoms with E-state index in [1.807, 2.05) is 4.90 Å². The molecular weight excluding hydrogens is 260 g/mol. The Labute approximate surface area is 128 Å². The summed E-state index contributed by atoms with van der Waals surface area (Å²) in [6, 6.07) is 7.17. The maximum Gasteiger partial charge on any atom is 0.219 e. The van der Waals surface area contributed by atoms with Gasteiger partial charge in [0, 0.05) is 32.6 Å². The van der Waals surface area contributed by atoms with Crippen LogP contribution in [0.3, 0.4) is 0 Å². The first kappa shape index (κ1) is 16.0.